The van der Waals surface area contributed by atoms with Crippen molar-refractivity contribution in [2.45, 2.75) is 25.9 Å². The van der Waals surface area contributed by atoms with Gasteiger partial charge in [0, 0.05) is 13.1 Å². The third kappa shape index (κ3) is 4.35. The lowest BCUT2D eigenvalue weighted by Crippen LogP contribution is -2.40. The highest BCUT2D eigenvalue weighted by molar-refractivity contribution is 5.13. The first-order valence-corrected chi connectivity index (χ1v) is 7.23. The van der Waals surface area contributed by atoms with Gasteiger partial charge >= 0.3 is 0 Å². The maximum absolute atomic E-state index is 5.65. The second-order valence-corrected chi connectivity index (χ2v) is 5.11. The third-order valence-corrected chi connectivity index (χ3v) is 3.34. The first-order valence-electron chi connectivity index (χ1n) is 7.23. The van der Waals surface area contributed by atoms with Gasteiger partial charge in [0.25, 0.3) is 0 Å². The fraction of sp³-hybridized carbons (Fsp3) is 0.467. The van der Waals surface area contributed by atoms with E-state index < -0.39 is 0 Å². The number of nitrogens with one attached hydrogen (secondary N) is 1. The van der Waals surface area contributed by atoms with E-state index >= 15 is 0 Å². The van der Waals surface area contributed by atoms with E-state index in [-0.39, 0.29) is 6.10 Å². The fourth-order valence-corrected chi connectivity index (χ4v) is 2.29. The summed E-state index contributed by atoms with van der Waals surface area (Å²) in [6, 6.07) is 10.1. The molecule has 1 N–H and O–H groups in total. The number of hydrogen-bond donors (Lipinski definition) is 1. The summed E-state index contributed by atoms with van der Waals surface area (Å²) < 4.78 is 13.1. The van der Waals surface area contributed by atoms with E-state index in [0.29, 0.717) is 13.2 Å². The summed E-state index contributed by atoms with van der Waals surface area (Å²) in [5, 5.41) is 11.5. The maximum Gasteiger partial charge on any atom is 0.108 e. The first-order chi connectivity index (χ1) is 10.4. The normalized spacial score (nSPS) is 18.8. The van der Waals surface area contributed by atoms with E-state index in [4.69, 9.17) is 9.47 Å². The summed E-state index contributed by atoms with van der Waals surface area (Å²) in [5.74, 6) is 0. The number of hydrogen-bond acceptors (Lipinski definition) is 5. The molecular formula is C15H20N4O2. The van der Waals surface area contributed by atoms with Gasteiger partial charge in [-0.25, -0.2) is 4.68 Å². The number of aromatic nitrogens is 3. The molecule has 3 rings (SSSR count). The standard InChI is InChI=1S/C15H20N4O2/c1-2-4-13(5-3-1)11-20-12-14-9-19(18-17-14)10-15-8-16-6-7-21-15/h1-5,9,15-16H,6-8,10-12H2. The second kappa shape index (κ2) is 7.31. The van der Waals surface area contributed by atoms with Gasteiger partial charge < -0.3 is 14.8 Å². The third-order valence-electron chi connectivity index (χ3n) is 3.34. The molecule has 21 heavy (non-hydrogen) atoms. The van der Waals surface area contributed by atoms with Crippen molar-refractivity contribution in [3.8, 4) is 0 Å². The molecule has 0 radical (unpaired) electrons. The van der Waals surface area contributed by atoms with Gasteiger partial charge in [-0.15, -0.1) is 5.10 Å². The summed E-state index contributed by atoms with van der Waals surface area (Å²) in [6.45, 7) is 4.32. The number of morpholine rings is 1. The topological polar surface area (TPSA) is 61.2 Å². The molecule has 0 amide bonds. The monoisotopic (exact) mass is 288 g/mol. The van der Waals surface area contributed by atoms with Crippen LogP contribution in [0, 0.1) is 0 Å². The van der Waals surface area contributed by atoms with Crippen LogP contribution in [0.2, 0.25) is 0 Å². The maximum atomic E-state index is 5.65. The summed E-state index contributed by atoms with van der Waals surface area (Å²) in [4.78, 5) is 0. The van der Waals surface area contributed by atoms with E-state index in [9.17, 15) is 0 Å². The van der Waals surface area contributed by atoms with Gasteiger partial charge in [0.1, 0.15) is 5.69 Å². The minimum Gasteiger partial charge on any atom is -0.374 e. The predicted octanol–water partition coefficient (Wildman–Crippen LogP) is 0.983. The minimum absolute atomic E-state index is 0.165. The molecule has 1 saturated heterocycles. The summed E-state index contributed by atoms with van der Waals surface area (Å²) in [5.41, 5.74) is 2.00. The molecule has 0 saturated carbocycles. The number of ether oxygens (including phenoxy) is 2. The van der Waals surface area contributed by atoms with E-state index in [0.717, 1.165) is 37.5 Å². The number of benzene rings is 1. The average Bonchev–Trinajstić information content (AvgIpc) is 2.97. The largest absolute Gasteiger partial charge is 0.374 e. The van der Waals surface area contributed by atoms with Crippen LogP contribution in [-0.2, 0) is 29.2 Å². The molecule has 1 aliphatic heterocycles. The molecule has 6 heteroatoms. The molecular weight excluding hydrogens is 268 g/mol. The predicted molar refractivity (Wildman–Crippen MR) is 77.6 cm³/mol. The van der Waals surface area contributed by atoms with E-state index in [2.05, 4.69) is 15.6 Å². The smallest absolute Gasteiger partial charge is 0.108 e. The fourth-order valence-electron chi connectivity index (χ4n) is 2.29. The first kappa shape index (κ1) is 14.2. The zero-order chi connectivity index (χ0) is 14.3. The van der Waals surface area contributed by atoms with Crippen LogP contribution in [0.15, 0.2) is 36.5 Å². The van der Waals surface area contributed by atoms with Crippen LogP contribution in [-0.4, -0.2) is 40.8 Å². The van der Waals surface area contributed by atoms with Gasteiger partial charge in [-0.2, -0.15) is 0 Å². The van der Waals surface area contributed by atoms with Crippen molar-refractivity contribution in [1.29, 1.82) is 0 Å². The second-order valence-electron chi connectivity index (χ2n) is 5.11. The lowest BCUT2D eigenvalue weighted by molar-refractivity contribution is 0.0158. The lowest BCUT2D eigenvalue weighted by atomic mass is 10.2. The Balaban J connectivity index is 1.44. The molecule has 1 fully saturated rings. The van der Waals surface area contributed by atoms with Crippen LogP contribution in [0.5, 0.6) is 0 Å². The van der Waals surface area contributed by atoms with E-state index in [1.807, 2.05) is 41.2 Å². The molecule has 0 aliphatic carbocycles. The highest BCUT2D eigenvalue weighted by atomic mass is 16.5. The Labute approximate surface area is 124 Å². The molecule has 2 heterocycles. The number of nitrogens with zero attached hydrogens (tertiary/aromatic N) is 3. The minimum atomic E-state index is 0.165. The van der Waals surface area contributed by atoms with E-state index in [1.54, 1.807) is 0 Å². The molecule has 112 valence electrons. The molecule has 1 atom stereocenters. The summed E-state index contributed by atoms with van der Waals surface area (Å²) >= 11 is 0. The highest BCUT2D eigenvalue weighted by Crippen LogP contribution is 2.05. The van der Waals surface area contributed by atoms with Crippen molar-refractivity contribution in [3.05, 3.63) is 47.8 Å². The van der Waals surface area contributed by atoms with Crippen LogP contribution in [0.4, 0.5) is 0 Å². The van der Waals surface area contributed by atoms with Gasteiger partial charge in [0.15, 0.2) is 0 Å². The van der Waals surface area contributed by atoms with Gasteiger partial charge in [0.2, 0.25) is 0 Å². The van der Waals surface area contributed by atoms with Crippen molar-refractivity contribution in [2.75, 3.05) is 19.7 Å². The van der Waals surface area contributed by atoms with Gasteiger partial charge in [-0.05, 0) is 5.56 Å². The molecule has 0 spiro atoms. The molecule has 1 aliphatic rings. The Morgan fingerprint density at radius 2 is 2.19 bits per heavy atom. The Morgan fingerprint density at radius 3 is 3.00 bits per heavy atom. The lowest BCUT2D eigenvalue weighted by Gasteiger charge is -2.23. The summed E-state index contributed by atoms with van der Waals surface area (Å²) in [6.07, 6.45) is 2.08. The molecule has 1 aromatic heterocycles. The zero-order valence-corrected chi connectivity index (χ0v) is 11.9. The van der Waals surface area contributed by atoms with E-state index in [1.165, 1.54) is 0 Å². The molecule has 1 unspecified atom stereocenters. The molecule has 0 bridgehead atoms. The van der Waals surface area contributed by atoms with Crippen LogP contribution in [0.3, 0.4) is 0 Å². The molecule has 2 aromatic rings. The van der Waals surface area contributed by atoms with Crippen LogP contribution in [0.1, 0.15) is 11.3 Å². The highest BCUT2D eigenvalue weighted by Gasteiger charge is 2.14. The van der Waals surface area contributed by atoms with Crippen molar-refractivity contribution in [2.24, 2.45) is 0 Å². The van der Waals surface area contributed by atoms with Gasteiger partial charge in [-0.3, -0.25) is 0 Å². The summed E-state index contributed by atoms with van der Waals surface area (Å²) in [7, 11) is 0. The quantitative estimate of drug-likeness (QED) is 0.858. The average molecular weight is 288 g/mol. The van der Waals surface area contributed by atoms with Crippen molar-refractivity contribution >= 4 is 0 Å². The van der Waals surface area contributed by atoms with Crippen LogP contribution < -0.4 is 5.32 Å². The van der Waals surface area contributed by atoms with Crippen molar-refractivity contribution in [1.82, 2.24) is 20.3 Å². The Kier molecular flexibility index (Phi) is 4.94. The Morgan fingerprint density at radius 1 is 1.29 bits per heavy atom. The van der Waals surface area contributed by atoms with Crippen molar-refractivity contribution in [3.63, 3.8) is 0 Å². The SMILES string of the molecule is c1ccc(COCc2cn(CC3CNCCO3)nn2)cc1. The number of rotatable bonds is 6. The molecule has 6 nitrogen and oxygen atoms in total. The Hall–Kier alpha value is -1.76. The van der Waals surface area contributed by atoms with Crippen LogP contribution in [0.25, 0.3) is 0 Å². The zero-order valence-electron chi connectivity index (χ0n) is 11.9. The van der Waals surface area contributed by atoms with Gasteiger partial charge in [0.05, 0.1) is 38.7 Å². The van der Waals surface area contributed by atoms with Gasteiger partial charge in [-0.1, -0.05) is 35.5 Å². The molecule has 1 aromatic carbocycles. The van der Waals surface area contributed by atoms with Crippen LogP contribution >= 0.6 is 0 Å². The van der Waals surface area contributed by atoms with Crippen molar-refractivity contribution < 1.29 is 9.47 Å². The Bertz CT molecular complexity index is 538.